The molecule has 0 saturated heterocycles. The van der Waals surface area contributed by atoms with Crippen molar-refractivity contribution in [2.75, 3.05) is 13.2 Å². The fourth-order valence-corrected chi connectivity index (χ4v) is 7.69. The van der Waals surface area contributed by atoms with Gasteiger partial charge >= 0.3 is 0 Å². The van der Waals surface area contributed by atoms with Crippen LogP contribution in [0.2, 0.25) is 0 Å². The number of aliphatic hydroxyl groups is 2. The molecule has 4 aromatic rings. The number of benzene rings is 4. The first-order chi connectivity index (χ1) is 32.6. The minimum Gasteiger partial charge on any atom is -0.507 e. The lowest BCUT2D eigenvalue weighted by atomic mass is 9.79. The summed E-state index contributed by atoms with van der Waals surface area (Å²) in [7, 11) is 0. The molecule has 0 atom stereocenters. The van der Waals surface area contributed by atoms with Gasteiger partial charge in [0.25, 0.3) is 0 Å². The standard InChI is InChI=1S/C44H56O2.C7H16.C6H14O.2C5H12.C2H6O/c1-41(2,3)35-19-27-13-28(20-35)16-32-24-38(44(10,11)12)26-34(40(32)46)18-30-14-29(21-36(22-30)42(4,5)6)17-33-25-37(43(7,8)9)23-31(15-27)39(33)45;1-5-6-7(2,3)4;1-6(2,3)4-5-7;2*1-5(2,3)4;1-2-3/h13-14,19-26,45-46H,15-18H2,1-12H3;5-6H2,1-4H3;7H,4-5H2,1-3H3;2*1-4H3;3H,2H2,1H3. The van der Waals surface area contributed by atoms with Crippen LogP contribution >= 0.6 is 0 Å². The molecule has 1 aliphatic rings. The summed E-state index contributed by atoms with van der Waals surface area (Å²) in [6.07, 6.45) is 6.13. The molecule has 0 aromatic heterocycles. The van der Waals surface area contributed by atoms with Gasteiger partial charge in [-0.25, -0.2) is 0 Å². The van der Waals surface area contributed by atoms with Crippen molar-refractivity contribution in [2.24, 2.45) is 21.7 Å². The minimum atomic E-state index is -0.0557. The van der Waals surface area contributed by atoms with Crippen LogP contribution in [0.4, 0.5) is 0 Å². The smallest absolute Gasteiger partial charge is 0.122 e. The van der Waals surface area contributed by atoms with Crippen LogP contribution in [0.5, 0.6) is 11.5 Å². The van der Waals surface area contributed by atoms with E-state index in [0.717, 1.165) is 28.7 Å². The molecule has 4 aromatic carbocycles. The second-order valence-corrected chi connectivity index (χ2v) is 30.7. The van der Waals surface area contributed by atoms with E-state index in [-0.39, 0.29) is 28.3 Å². The van der Waals surface area contributed by atoms with Gasteiger partial charge in [0.2, 0.25) is 0 Å². The quantitative estimate of drug-likeness (QED) is 0.142. The fraction of sp³-hybridized carbons (Fsp3) is 0.652. The monoisotopic (exact) mass is 1010 g/mol. The summed E-state index contributed by atoms with van der Waals surface area (Å²) in [5, 5.41) is 39.7. The maximum absolute atomic E-state index is 11.9. The highest BCUT2D eigenvalue weighted by molar-refractivity contribution is 5.54. The van der Waals surface area contributed by atoms with Crippen LogP contribution in [0, 0.1) is 21.7 Å². The molecule has 416 valence electrons. The third kappa shape index (κ3) is 29.9. The maximum Gasteiger partial charge on any atom is 0.122 e. The number of hydrogen-bond donors (Lipinski definition) is 4. The van der Waals surface area contributed by atoms with Gasteiger partial charge in [0.1, 0.15) is 11.5 Å². The molecule has 8 bridgehead atoms. The Labute approximate surface area is 452 Å². The highest BCUT2D eigenvalue weighted by Crippen LogP contribution is 2.39. The highest BCUT2D eigenvalue weighted by atomic mass is 16.3. The number of rotatable bonds is 2. The van der Waals surface area contributed by atoms with E-state index in [4.69, 9.17) is 10.2 Å². The first-order valence-electron chi connectivity index (χ1n) is 27.8. The molecule has 0 saturated carbocycles. The number of hydrogen-bond acceptors (Lipinski definition) is 4. The number of aliphatic hydroxyl groups excluding tert-OH is 2. The Morgan fingerprint density at radius 3 is 0.644 bits per heavy atom. The van der Waals surface area contributed by atoms with Crippen molar-refractivity contribution in [1.82, 2.24) is 0 Å². The van der Waals surface area contributed by atoms with Gasteiger partial charge in [0, 0.05) is 38.9 Å². The van der Waals surface area contributed by atoms with Gasteiger partial charge in [0.05, 0.1) is 0 Å². The zero-order valence-corrected chi connectivity index (χ0v) is 52.9. The van der Waals surface area contributed by atoms with Crippen molar-refractivity contribution in [3.63, 3.8) is 0 Å². The molecule has 1 aliphatic carbocycles. The summed E-state index contributed by atoms with van der Waals surface area (Å²) in [4.78, 5) is 0. The summed E-state index contributed by atoms with van der Waals surface area (Å²) >= 11 is 0. The van der Waals surface area contributed by atoms with Gasteiger partial charge < -0.3 is 20.4 Å². The summed E-state index contributed by atoms with van der Waals surface area (Å²) in [6, 6.07) is 22.7. The fourth-order valence-electron chi connectivity index (χ4n) is 7.69. The van der Waals surface area contributed by atoms with Crippen LogP contribution in [-0.2, 0) is 47.3 Å². The van der Waals surface area contributed by atoms with Gasteiger partial charge in [-0.3, -0.25) is 0 Å². The SMILES string of the molecule is CC(C)(C)C.CC(C)(C)C.CC(C)(C)CCO.CC(C)(C)c1cc2cc(c1)Cc1cc(C(C)(C)C)cc(c1O)Cc1cc(cc(C(C)(C)C)c1)Cc1cc(C(C)(C)C)cc(c1O)C2.CCCC(C)(C)C.CCO. The average Bonchev–Trinajstić information content (AvgIpc) is 3.14. The average molecular weight is 1010 g/mol. The predicted molar refractivity (Wildman–Crippen MR) is 324 cm³/mol. The molecule has 0 unspecified atom stereocenters. The molecular weight excluding hydrogens is 893 g/mol. The summed E-state index contributed by atoms with van der Waals surface area (Å²) in [5.74, 6) is 0.811. The van der Waals surface area contributed by atoms with E-state index in [2.05, 4.69) is 248 Å². The Morgan fingerprint density at radius 2 is 0.521 bits per heavy atom. The number of phenols is 2. The van der Waals surface area contributed by atoms with Gasteiger partial charge in [-0.05, 0) is 130 Å². The minimum absolute atomic E-state index is 0.0417. The van der Waals surface area contributed by atoms with Crippen molar-refractivity contribution in [2.45, 2.75) is 260 Å². The lowest BCUT2D eigenvalue weighted by Gasteiger charge is -2.26. The second kappa shape index (κ2) is 28.0. The Balaban J connectivity index is 0.00000157. The van der Waals surface area contributed by atoms with Crippen LogP contribution in [0.3, 0.4) is 0 Å². The van der Waals surface area contributed by atoms with Gasteiger partial charge in [-0.2, -0.15) is 0 Å². The van der Waals surface area contributed by atoms with Crippen LogP contribution in [-0.4, -0.2) is 33.6 Å². The lowest BCUT2D eigenvalue weighted by molar-refractivity contribution is 0.225. The number of phenolic OH excluding ortho intramolecular Hbond substituents is 2. The lowest BCUT2D eigenvalue weighted by Crippen LogP contribution is -2.15. The zero-order valence-electron chi connectivity index (χ0n) is 52.9. The van der Waals surface area contributed by atoms with E-state index in [1.165, 1.54) is 57.3 Å². The van der Waals surface area contributed by atoms with Gasteiger partial charge in [0.15, 0.2) is 0 Å². The molecule has 4 N–H and O–H groups in total. The van der Waals surface area contributed by atoms with Crippen LogP contribution in [0.25, 0.3) is 0 Å². The van der Waals surface area contributed by atoms with Crippen molar-refractivity contribution in [1.29, 1.82) is 0 Å². The van der Waals surface area contributed by atoms with E-state index in [1.54, 1.807) is 6.92 Å². The van der Waals surface area contributed by atoms with E-state index >= 15 is 0 Å². The predicted octanol–water partition coefficient (Wildman–Crippen LogP) is 19.3. The van der Waals surface area contributed by atoms with E-state index in [9.17, 15) is 10.2 Å². The molecule has 0 heterocycles. The van der Waals surface area contributed by atoms with E-state index in [1.807, 2.05) is 0 Å². The zero-order chi connectivity index (χ0) is 57.5. The molecular formula is C69H116O4. The normalized spacial score (nSPS) is 13.2. The van der Waals surface area contributed by atoms with Crippen LogP contribution in [0.1, 0.15) is 280 Å². The first-order valence-corrected chi connectivity index (χ1v) is 27.8. The summed E-state index contributed by atoms with van der Waals surface area (Å²) < 4.78 is 0. The van der Waals surface area contributed by atoms with Gasteiger partial charge in [-0.15, -0.1) is 0 Å². The van der Waals surface area contributed by atoms with Crippen molar-refractivity contribution >= 4 is 0 Å². The number of aromatic hydroxyl groups is 2. The second-order valence-electron chi connectivity index (χ2n) is 30.7. The van der Waals surface area contributed by atoms with E-state index in [0.29, 0.717) is 65.4 Å². The Hall–Kier alpha value is -3.60. The summed E-state index contributed by atoms with van der Waals surface area (Å²) in [5.41, 5.74) is 15.3. The Morgan fingerprint density at radius 1 is 0.329 bits per heavy atom. The number of fused-ring (bicyclic) bond motifs is 8. The third-order valence-corrected chi connectivity index (χ3v) is 11.5. The van der Waals surface area contributed by atoms with Crippen LogP contribution in [0.15, 0.2) is 60.7 Å². The Kier molecular flexibility index (Phi) is 26.6. The largest absolute Gasteiger partial charge is 0.507 e. The van der Waals surface area contributed by atoms with Gasteiger partial charge in [-0.1, -0.05) is 254 Å². The molecule has 0 fully saturated rings. The Bertz CT molecular complexity index is 1990. The highest BCUT2D eigenvalue weighted by Gasteiger charge is 2.25. The van der Waals surface area contributed by atoms with Crippen molar-refractivity contribution in [3.8, 4) is 11.5 Å². The maximum atomic E-state index is 11.9. The molecule has 73 heavy (non-hydrogen) atoms. The summed E-state index contributed by atoms with van der Waals surface area (Å²) in [6.45, 7) is 62.2. The molecule has 5 rings (SSSR count). The van der Waals surface area contributed by atoms with Crippen molar-refractivity contribution in [3.05, 3.63) is 127 Å². The first kappa shape index (κ1) is 69.4. The third-order valence-electron chi connectivity index (χ3n) is 11.5. The topological polar surface area (TPSA) is 80.9 Å². The van der Waals surface area contributed by atoms with E-state index < -0.39 is 0 Å². The van der Waals surface area contributed by atoms with Crippen molar-refractivity contribution < 1.29 is 20.4 Å². The molecule has 0 spiro atoms. The molecule has 4 nitrogen and oxygen atoms in total. The molecule has 0 amide bonds. The molecule has 4 heteroatoms. The molecule has 0 radical (unpaired) electrons. The van der Waals surface area contributed by atoms with Crippen LogP contribution < -0.4 is 0 Å². The molecule has 0 aliphatic heterocycles.